The summed E-state index contributed by atoms with van der Waals surface area (Å²) in [4.78, 5) is 12.5. The van der Waals surface area contributed by atoms with E-state index in [2.05, 4.69) is 48.8 Å². The molecule has 1 rings (SSSR count). The third kappa shape index (κ3) is 2.17. The molecule has 0 N–H and O–H groups in total. The Balaban J connectivity index is 2.91. The van der Waals surface area contributed by atoms with Crippen LogP contribution in [0.4, 0.5) is 0 Å². The van der Waals surface area contributed by atoms with Crippen LogP contribution in [0.2, 0.25) is 0 Å². The number of rotatable bonds is 3. The zero-order valence-electron chi connectivity index (χ0n) is 12.1. The second kappa shape index (κ2) is 3.83. The van der Waals surface area contributed by atoms with E-state index in [1.807, 2.05) is 0 Å². The second-order valence-electron chi connectivity index (χ2n) is 7.37. The van der Waals surface area contributed by atoms with Gasteiger partial charge in [-0.3, -0.25) is 4.79 Å². The molecule has 0 heterocycles. The Morgan fingerprint density at radius 2 is 1.75 bits per heavy atom. The molecular weight excluding hydrogens is 198 g/mol. The molecule has 0 aromatic rings. The van der Waals surface area contributed by atoms with Crippen molar-refractivity contribution in [2.75, 3.05) is 27.7 Å². The smallest absolute Gasteiger partial charge is 0.193 e. The number of hydrogen-bond acceptors (Lipinski definition) is 1. The van der Waals surface area contributed by atoms with Crippen molar-refractivity contribution in [3.05, 3.63) is 0 Å². The Kier molecular flexibility index (Phi) is 3.28. The molecule has 1 aliphatic carbocycles. The summed E-state index contributed by atoms with van der Waals surface area (Å²) in [5.74, 6) is 1.09. The van der Waals surface area contributed by atoms with E-state index in [0.717, 1.165) is 10.9 Å². The van der Waals surface area contributed by atoms with Gasteiger partial charge in [-0.05, 0) is 24.2 Å². The standard InChI is InChI=1S/C14H28NO/c1-11-8-9-14(4,13(11,2)3)12(16)10-15(5,6)7/h11H,8-10H2,1-7H3/q+1. The van der Waals surface area contributed by atoms with Crippen molar-refractivity contribution in [1.29, 1.82) is 0 Å². The van der Waals surface area contributed by atoms with Gasteiger partial charge in [0.25, 0.3) is 0 Å². The summed E-state index contributed by atoms with van der Waals surface area (Å²) >= 11 is 0. The summed E-state index contributed by atoms with van der Waals surface area (Å²) in [5.41, 5.74) is 0.0111. The minimum atomic E-state index is -0.127. The summed E-state index contributed by atoms with van der Waals surface area (Å²) in [5, 5.41) is 0. The van der Waals surface area contributed by atoms with E-state index in [1.165, 1.54) is 6.42 Å². The molecule has 0 amide bonds. The molecule has 0 aromatic carbocycles. The number of nitrogens with zero attached hydrogens (tertiary/aromatic N) is 1. The Morgan fingerprint density at radius 3 is 2.06 bits per heavy atom. The van der Waals surface area contributed by atoms with Gasteiger partial charge < -0.3 is 4.48 Å². The fourth-order valence-electron chi connectivity index (χ4n) is 2.84. The molecule has 2 atom stereocenters. The van der Waals surface area contributed by atoms with Gasteiger partial charge >= 0.3 is 0 Å². The highest BCUT2D eigenvalue weighted by atomic mass is 16.1. The average Bonchev–Trinajstić information content (AvgIpc) is 2.27. The van der Waals surface area contributed by atoms with Gasteiger partial charge in [-0.15, -0.1) is 0 Å². The van der Waals surface area contributed by atoms with Crippen LogP contribution in [0.25, 0.3) is 0 Å². The summed E-state index contributed by atoms with van der Waals surface area (Å²) in [7, 11) is 6.27. The molecule has 1 fully saturated rings. The number of carbonyl (C=O) groups is 1. The number of carbonyl (C=O) groups excluding carboxylic acids is 1. The van der Waals surface area contributed by atoms with Crippen LogP contribution in [-0.4, -0.2) is 38.0 Å². The summed E-state index contributed by atoms with van der Waals surface area (Å²) < 4.78 is 0.735. The lowest BCUT2D eigenvalue weighted by molar-refractivity contribution is -0.862. The predicted octanol–water partition coefficient (Wildman–Crippen LogP) is 2.72. The van der Waals surface area contributed by atoms with Crippen LogP contribution in [0.1, 0.15) is 40.5 Å². The largest absolute Gasteiger partial charge is 0.325 e. The van der Waals surface area contributed by atoms with Gasteiger partial charge in [-0.25, -0.2) is 0 Å². The first-order valence-corrected chi connectivity index (χ1v) is 6.34. The summed E-state index contributed by atoms with van der Waals surface area (Å²) in [6.07, 6.45) is 2.24. The maximum Gasteiger partial charge on any atom is 0.193 e. The maximum atomic E-state index is 12.5. The molecule has 1 saturated carbocycles. The molecule has 2 unspecified atom stereocenters. The van der Waals surface area contributed by atoms with Crippen LogP contribution in [0.5, 0.6) is 0 Å². The van der Waals surface area contributed by atoms with Crippen molar-refractivity contribution in [2.45, 2.75) is 40.5 Å². The van der Waals surface area contributed by atoms with Gasteiger partial charge in [0.1, 0.15) is 6.54 Å². The van der Waals surface area contributed by atoms with Crippen LogP contribution in [-0.2, 0) is 4.79 Å². The van der Waals surface area contributed by atoms with Crippen LogP contribution in [0.15, 0.2) is 0 Å². The van der Waals surface area contributed by atoms with E-state index in [4.69, 9.17) is 0 Å². The Morgan fingerprint density at radius 1 is 1.25 bits per heavy atom. The molecule has 2 nitrogen and oxygen atoms in total. The second-order valence-corrected chi connectivity index (χ2v) is 7.37. The highest BCUT2D eigenvalue weighted by Gasteiger charge is 2.54. The normalized spacial score (nSPS) is 34.1. The molecule has 2 heteroatoms. The Bertz CT molecular complexity index is 288. The molecule has 16 heavy (non-hydrogen) atoms. The molecule has 0 aromatic heterocycles. The zero-order valence-corrected chi connectivity index (χ0v) is 12.1. The first-order chi connectivity index (χ1) is 7.01. The van der Waals surface area contributed by atoms with Crippen molar-refractivity contribution in [2.24, 2.45) is 16.7 Å². The van der Waals surface area contributed by atoms with E-state index in [-0.39, 0.29) is 10.8 Å². The van der Waals surface area contributed by atoms with Crippen LogP contribution >= 0.6 is 0 Å². The lowest BCUT2D eigenvalue weighted by atomic mass is 9.64. The minimum Gasteiger partial charge on any atom is -0.325 e. The number of Topliss-reactive ketones (excluding diaryl/α,β-unsaturated/α-hetero) is 1. The maximum absolute atomic E-state index is 12.5. The molecule has 0 radical (unpaired) electrons. The topological polar surface area (TPSA) is 17.1 Å². The zero-order chi connectivity index (χ0) is 12.8. The van der Waals surface area contributed by atoms with Gasteiger partial charge in [0.05, 0.1) is 21.1 Å². The highest BCUT2D eigenvalue weighted by molar-refractivity contribution is 5.86. The highest BCUT2D eigenvalue weighted by Crippen LogP contribution is 2.56. The molecule has 0 saturated heterocycles. The SMILES string of the molecule is CC1CCC(C)(C(=O)C[N+](C)(C)C)C1(C)C. The van der Waals surface area contributed by atoms with Crippen molar-refractivity contribution in [3.63, 3.8) is 0 Å². The van der Waals surface area contributed by atoms with E-state index in [9.17, 15) is 4.79 Å². The van der Waals surface area contributed by atoms with E-state index in [0.29, 0.717) is 18.2 Å². The Labute approximate surface area is 101 Å². The van der Waals surface area contributed by atoms with Crippen molar-refractivity contribution < 1.29 is 9.28 Å². The van der Waals surface area contributed by atoms with Crippen LogP contribution in [0.3, 0.4) is 0 Å². The minimum absolute atomic E-state index is 0.127. The molecule has 0 spiro atoms. The fourth-order valence-corrected chi connectivity index (χ4v) is 2.84. The van der Waals surface area contributed by atoms with Crippen molar-refractivity contribution >= 4 is 5.78 Å². The third-order valence-corrected chi connectivity index (χ3v) is 4.96. The van der Waals surface area contributed by atoms with E-state index < -0.39 is 0 Å². The Hall–Kier alpha value is -0.370. The number of quaternary nitrogens is 1. The van der Waals surface area contributed by atoms with Gasteiger partial charge in [-0.2, -0.15) is 0 Å². The van der Waals surface area contributed by atoms with Gasteiger partial charge in [0.15, 0.2) is 5.78 Å². The first-order valence-electron chi connectivity index (χ1n) is 6.34. The van der Waals surface area contributed by atoms with Crippen LogP contribution in [0, 0.1) is 16.7 Å². The number of hydrogen-bond donors (Lipinski definition) is 0. The molecular formula is C14H28NO+. The first kappa shape index (κ1) is 13.7. The van der Waals surface area contributed by atoms with Gasteiger partial charge in [0, 0.05) is 5.41 Å². The lowest BCUT2D eigenvalue weighted by Gasteiger charge is -2.40. The average molecular weight is 226 g/mol. The van der Waals surface area contributed by atoms with Crippen LogP contribution < -0.4 is 0 Å². The van der Waals surface area contributed by atoms with Gasteiger partial charge in [-0.1, -0.05) is 27.7 Å². The lowest BCUT2D eigenvalue weighted by Crippen LogP contribution is -2.49. The molecule has 0 bridgehead atoms. The third-order valence-electron chi connectivity index (χ3n) is 4.96. The predicted molar refractivity (Wildman–Crippen MR) is 68.2 cm³/mol. The summed E-state index contributed by atoms with van der Waals surface area (Å²) in [6, 6.07) is 0. The van der Waals surface area contributed by atoms with E-state index >= 15 is 0 Å². The fraction of sp³-hybridized carbons (Fsp3) is 0.929. The van der Waals surface area contributed by atoms with Crippen molar-refractivity contribution in [3.8, 4) is 0 Å². The van der Waals surface area contributed by atoms with E-state index in [1.54, 1.807) is 0 Å². The monoisotopic (exact) mass is 226 g/mol. The molecule has 0 aliphatic heterocycles. The quantitative estimate of drug-likeness (QED) is 0.676. The molecule has 94 valence electrons. The number of ketones is 1. The van der Waals surface area contributed by atoms with Crippen molar-refractivity contribution in [1.82, 2.24) is 0 Å². The van der Waals surface area contributed by atoms with Gasteiger partial charge in [0.2, 0.25) is 0 Å². The number of likely N-dealkylation sites (N-methyl/N-ethyl adjacent to an activating group) is 1. The summed E-state index contributed by atoms with van der Waals surface area (Å²) in [6.45, 7) is 9.63. The molecule has 1 aliphatic rings.